The van der Waals surface area contributed by atoms with E-state index in [0.717, 1.165) is 5.56 Å². The molecule has 1 aromatic heterocycles. The zero-order valence-corrected chi connectivity index (χ0v) is 7.32. The first kappa shape index (κ1) is 9.00. The summed E-state index contributed by atoms with van der Waals surface area (Å²) in [6.07, 6.45) is 1.89. The molecule has 1 atom stereocenters. The van der Waals surface area contributed by atoms with E-state index in [0.29, 0.717) is 12.3 Å². The maximum atomic E-state index is 9.14. The fraction of sp³-hybridized carbons (Fsp3) is 0.444. The van der Waals surface area contributed by atoms with Crippen molar-refractivity contribution < 1.29 is 9.84 Å². The Bertz CT molecular complexity index is 248. The third-order valence-electron chi connectivity index (χ3n) is 1.56. The Balaban J connectivity index is 2.82. The van der Waals surface area contributed by atoms with E-state index in [-0.39, 0.29) is 6.10 Å². The Hall–Kier alpha value is -1.09. The van der Waals surface area contributed by atoms with Crippen molar-refractivity contribution in [1.29, 1.82) is 0 Å². The highest BCUT2D eigenvalue weighted by molar-refractivity contribution is 5.25. The Morgan fingerprint density at radius 3 is 3.00 bits per heavy atom. The van der Waals surface area contributed by atoms with Gasteiger partial charge in [-0.2, -0.15) is 0 Å². The second-order valence-corrected chi connectivity index (χ2v) is 2.72. The maximum Gasteiger partial charge on any atom is 0.216 e. The predicted octanol–water partition coefficient (Wildman–Crippen LogP) is 1.01. The molecule has 1 rings (SSSR count). The minimum atomic E-state index is -0.358. The van der Waals surface area contributed by atoms with Crippen molar-refractivity contribution >= 4 is 0 Å². The zero-order valence-electron chi connectivity index (χ0n) is 7.32. The second kappa shape index (κ2) is 4.07. The molecule has 0 unspecified atom stereocenters. The molecule has 0 spiro atoms. The number of aliphatic hydroxyl groups excluding tert-OH is 1. The van der Waals surface area contributed by atoms with E-state index in [1.54, 1.807) is 20.2 Å². The van der Waals surface area contributed by atoms with Crippen LogP contribution in [0.3, 0.4) is 0 Å². The van der Waals surface area contributed by atoms with Crippen LogP contribution in [-0.2, 0) is 6.42 Å². The van der Waals surface area contributed by atoms with E-state index in [4.69, 9.17) is 9.84 Å². The van der Waals surface area contributed by atoms with Crippen LogP contribution in [0.5, 0.6) is 5.88 Å². The van der Waals surface area contributed by atoms with Gasteiger partial charge < -0.3 is 9.84 Å². The molecule has 1 N–H and O–H groups in total. The number of rotatable bonds is 3. The number of nitrogens with zero attached hydrogens (tertiary/aromatic N) is 1. The largest absolute Gasteiger partial charge is 0.481 e. The Kier molecular flexibility index (Phi) is 3.05. The summed E-state index contributed by atoms with van der Waals surface area (Å²) < 4.78 is 5.02. The summed E-state index contributed by atoms with van der Waals surface area (Å²) in [6.45, 7) is 1.74. The van der Waals surface area contributed by atoms with Gasteiger partial charge in [0.25, 0.3) is 0 Å². The summed E-state index contributed by atoms with van der Waals surface area (Å²) in [5, 5.41) is 9.14. The molecule has 0 saturated carbocycles. The molecule has 1 aromatic rings. The lowest BCUT2D eigenvalue weighted by molar-refractivity contribution is 0.194. The predicted molar refractivity (Wildman–Crippen MR) is 46.2 cm³/mol. The summed E-state index contributed by atoms with van der Waals surface area (Å²) in [5.74, 6) is 0.596. The molecule has 0 aromatic carbocycles. The highest BCUT2D eigenvalue weighted by Crippen LogP contribution is 2.15. The first-order valence-electron chi connectivity index (χ1n) is 3.90. The number of aliphatic hydroxyl groups is 1. The Morgan fingerprint density at radius 2 is 2.42 bits per heavy atom. The zero-order chi connectivity index (χ0) is 8.97. The topological polar surface area (TPSA) is 42.4 Å². The average Bonchev–Trinajstić information content (AvgIpc) is 2.04. The third-order valence-corrected chi connectivity index (χ3v) is 1.56. The number of hydrogen-bond donors (Lipinski definition) is 1. The van der Waals surface area contributed by atoms with Crippen LogP contribution >= 0.6 is 0 Å². The van der Waals surface area contributed by atoms with Crippen molar-refractivity contribution in [1.82, 2.24) is 4.98 Å². The summed E-state index contributed by atoms with van der Waals surface area (Å²) in [6, 6.07) is 3.73. The average molecular weight is 167 g/mol. The molecule has 3 heteroatoms. The molecule has 3 nitrogen and oxygen atoms in total. The van der Waals surface area contributed by atoms with Gasteiger partial charge in [0.2, 0.25) is 5.88 Å². The smallest absolute Gasteiger partial charge is 0.216 e. The fourth-order valence-corrected chi connectivity index (χ4v) is 1.08. The fourth-order valence-electron chi connectivity index (χ4n) is 1.08. The van der Waals surface area contributed by atoms with Crippen LogP contribution < -0.4 is 4.74 Å². The molecule has 0 amide bonds. The quantitative estimate of drug-likeness (QED) is 0.730. The maximum absolute atomic E-state index is 9.14. The lowest BCUT2D eigenvalue weighted by atomic mass is 10.1. The van der Waals surface area contributed by atoms with Gasteiger partial charge in [0, 0.05) is 18.2 Å². The molecule has 66 valence electrons. The van der Waals surface area contributed by atoms with Crippen molar-refractivity contribution in [3.63, 3.8) is 0 Å². The number of ether oxygens (including phenoxy) is 1. The summed E-state index contributed by atoms with van der Waals surface area (Å²) in [7, 11) is 1.58. The summed E-state index contributed by atoms with van der Waals surface area (Å²) in [4.78, 5) is 4.02. The molecule has 1 heterocycles. The van der Waals surface area contributed by atoms with E-state index in [2.05, 4.69) is 4.98 Å². The van der Waals surface area contributed by atoms with Crippen LogP contribution in [0.15, 0.2) is 18.3 Å². The normalized spacial score (nSPS) is 12.6. The van der Waals surface area contributed by atoms with Crippen LogP contribution in [-0.4, -0.2) is 23.3 Å². The molecular formula is C9H13NO2. The second-order valence-electron chi connectivity index (χ2n) is 2.72. The van der Waals surface area contributed by atoms with Gasteiger partial charge in [-0.1, -0.05) is 6.07 Å². The van der Waals surface area contributed by atoms with E-state index >= 15 is 0 Å². The Labute approximate surface area is 72.0 Å². The minimum Gasteiger partial charge on any atom is -0.481 e. The SMILES string of the molecule is COc1ncccc1C[C@@H](C)O. The van der Waals surface area contributed by atoms with E-state index < -0.39 is 0 Å². The van der Waals surface area contributed by atoms with Crippen molar-refractivity contribution in [2.45, 2.75) is 19.4 Å². The molecule has 0 radical (unpaired) electrons. The highest BCUT2D eigenvalue weighted by Gasteiger charge is 2.05. The summed E-state index contributed by atoms with van der Waals surface area (Å²) >= 11 is 0. The van der Waals surface area contributed by atoms with Gasteiger partial charge in [-0.25, -0.2) is 4.98 Å². The van der Waals surface area contributed by atoms with Gasteiger partial charge in [-0.15, -0.1) is 0 Å². The van der Waals surface area contributed by atoms with Crippen molar-refractivity contribution in [3.05, 3.63) is 23.9 Å². The van der Waals surface area contributed by atoms with Crippen LogP contribution in [0, 0.1) is 0 Å². The molecular weight excluding hydrogens is 154 g/mol. The monoisotopic (exact) mass is 167 g/mol. The molecule has 0 aliphatic heterocycles. The van der Waals surface area contributed by atoms with Crippen LogP contribution in [0.4, 0.5) is 0 Å². The standard InChI is InChI=1S/C9H13NO2/c1-7(11)6-8-4-3-5-10-9(8)12-2/h3-5,7,11H,6H2,1-2H3/t7-/m1/s1. The van der Waals surface area contributed by atoms with E-state index in [9.17, 15) is 0 Å². The van der Waals surface area contributed by atoms with E-state index in [1.807, 2.05) is 12.1 Å². The van der Waals surface area contributed by atoms with Crippen molar-refractivity contribution in [2.75, 3.05) is 7.11 Å². The van der Waals surface area contributed by atoms with Crippen LogP contribution in [0.25, 0.3) is 0 Å². The van der Waals surface area contributed by atoms with E-state index in [1.165, 1.54) is 0 Å². The Morgan fingerprint density at radius 1 is 1.67 bits per heavy atom. The molecule has 0 fully saturated rings. The number of hydrogen-bond acceptors (Lipinski definition) is 3. The minimum absolute atomic E-state index is 0.358. The van der Waals surface area contributed by atoms with Crippen LogP contribution in [0.2, 0.25) is 0 Å². The lowest BCUT2D eigenvalue weighted by Gasteiger charge is -2.07. The first-order chi connectivity index (χ1) is 5.74. The van der Waals surface area contributed by atoms with Crippen LogP contribution in [0.1, 0.15) is 12.5 Å². The lowest BCUT2D eigenvalue weighted by Crippen LogP contribution is -2.06. The van der Waals surface area contributed by atoms with Crippen molar-refractivity contribution in [3.8, 4) is 5.88 Å². The number of methoxy groups -OCH3 is 1. The van der Waals surface area contributed by atoms with Gasteiger partial charge in [-0.05, 0) is 13.0 Å². The molecule has 0 aliphatic rings. The van der Waals surface area contributed by atoms with Crippen molar-refractivity contribution in [2.24, 2.45) is 0 Å². The first-order valence-corrected chi connectivity index (χ1v) is 3.90. The van der Waals surface area contributed by atoms with Gasteiger partial charge >= 0.3 is 0 Å². The summed E-state index contributed by atoms with van der Waals surface area (Å²) in [5.41, 5.74) is 0.940. The molecule has 12 heavy (non-hydrogen) atoms. The third kappa shape index (κ3) is 2.20. The van der Waals surface area contributed by atoms with Gasteiger partial charge in [0.1, 0.15) is 0 Å². The molecule has 0 bridgehead atoms. The van der Waals surface area contributed by atoms with Gasteiger partial charge in [-0.3, -0.25) is 0 Å². The molecule has 0 saturated heterocycles. The van der Waals surface area contributed by atoms with Gasteiger partial charge in [0.05, 0.1) is 13.2 Å². The highest BCUT2D eigenvalue weighted by atomic mass is 16.5. The molecule has 0 aliphatic carbocycles. The van der Waals surface area contributed by atoms with Gasteiger partial charge in [0.15, 0.2) is 0 Å². The number of aromatic nitrogens is 1. The number of pyridine rings is 1.